The fraction of sp³-hybridized carbons (Fsp3) is 0.800. The lowest BCUT2D eigenvalue weighted by atomic mass is 10.0. The predicted molar refractivity (Wildman–Crippen MR) is 147 cm³/mol. The van der Waals surface area contributed by atoms with Gasteiger partial charge < -0.3 is 24.3 Å². The van der Waals surface area contributed by atoms with Gasteiger partial charge in [0.1, 0.15) is 12.7 Å². The van der Waals surface area contributed by atoms with E-state index in [1.807, 2.05) is 18.2 Å². The summed E-state index contributed by atoms with van der Waals surface area (Å²) in [5.74, 6) is 0. The van der Waals surface area contributed by atoms with Crippen LogP contribution in [0.1, 0.15) is 115 Å². The van der Waals surface area contributed by atoms with Crippen LogP contribution in [0.2, 0.25) is 0 Å². The van der Waals surface area contributed by atoms with Gasteiger partial charge in [0.2, 0.25) is 0 Å². The van der Waals surface area contributed by atoms with E-state index in [1.54, 1.807) is 6.20 Å². The molecule has 7 nitrogen and oxygen atoms in total. The number of unbranched alkanes of at least 4 members (excludes halogenated alkanes) is 15. The van der Waals surface area contributed by atoms with Gasteiger partial charge in [-0.05, 0) is 18.6 Å². The minimum atomic E-state index is -0.537. The lowest BCUT2D eigenvalue weighted by Crippen LogP contribution is -2.29. The largest absolute Gasteiger partial charge is 0.444 e. The number of ether oxygens (including phenoxy) is 4. The predicted octanol–water partition coefficient (Wildman–Crippen LogP) is 7.33. The van der Waals surface area contributed by atoms with Gasteiger partial charge in [0.15, 0.2) is 6.29 Å². The van der Waals surface area contributed by atoms with Crippen molar-refractivity contribution < 1.29 is 23.7 Å². The molecule has 1 fully saturated rings. The molecule has 1 N–H and O–H groups in total. The van der Waals surface area contributed by atoms with Crippen molar-refractivity contribution in [2.75, 3.05) is 26.4 Å². The van der Waals surface area contributed by atoms with Crippen LogP contribution in [0.5, 0.6) is 0 Å². The van der Waals surface area contributed by atoms with Crippen molar-refractivity contribution in [1.82, 2.24) is 10.3 Å². The second-order valence-corrected chi connectivity index (χ2v) is 10.2. The molecule has 0 saturated carbocycles. The van der Waals surface area contributed by atoms with Gasteiger partial charge in [-0.2, -0.15) is 0 Å². The molecule has 212 valence electrons. The zero-order valence-electron chi connectivity index (χ0n) is 23.3. The van der Waals surface area contributed by atoms with E-state index >= 15 is 0 Å². The molecule has 0 bridgehead atoms. The third-order valence-corrected chi connectivity index (χ3v) is 6.75. The third kappa shape index (κ3) is 17.4. The number of hydrogen-bond donors (Lipinski definition) is 1. The molecule has 1 aromatic rings. The second-order valence-electron chi connectivity index (χ2n) is 10.2. The number of nitrogens with one attached hydrogen (secondary N) is 1. The van der Waals surface area contributed by atoms with Gasteiger partial charge in [0.05, 0.1) is 25.5 Å². The first-order chi connectivity index (χ1) is 18.3. The maximum Gasteiger partial charge on any atom is 0.407 e. The van der Waals surface area contributed by atoms with Crippen LogP contribution in [0.4, 0.5) is 4.79 Å². The number of pyridine rings is 1. The van der Waals surface area contributed by atoms with E-state index in [0.29, 0.717) is 19.8 Å². The van der Waals surface area contributed by atoms with Crippen molar-refractivity contribution in [3.63, 3.8) is 0 Å². The molecule has 0 spiro atoms. The van der Waals surface area contributed by atoms with Gasteiger partial charge in [-0.15, -0.1) is 0 Å². The Morgan fingerprint density at radius 3 is 2.11 bits per heavy atom. The highest BCUT2D eigenvalue weighted by molar-refractivity contribution is 5.67. The average molecular weight is 521 g/mol. The van der Waals surface area contributed by atoms with Crippen LogP contribution in [-0.4, -0.2) is 49.9 Å². The summed E-state index contributed by atoms with van der Waals surface area (Å²) in [6.45, 7) is 4.40. The highest BCUT2D eigenvalue weighted by Gasteiger charge is 2.27. The summed E-state index contributed by atoms with van der Waals surface area (Å²) in [6.07, 6.45) is 22.4. The third-order valence-electron chi connectivity index (χ3n) is 6.75. The second kappa shape index (κ2) is 22.3. The number of aromatic nitrogens is 1. The molecule has 1 aromatic heterocycles. The zero-order valence-corrected chi connectivity index (χ0v) is 23.3. The lowest BCUT2D eigenvalue weighted by Gasteiger charge is -2.12. The summed E-state index contributed by atoms with van der Waals surface area (Å²) in [5.41, 5.74) is 0.773. The van der Waals surface area contributed by atoms with Gasteiger partial charge >= 0.3 is 6.09 Å². The average Bonchev–Trinajstić information content (AvgIpc) is 3.38. The summed E-state index contributed by atoms with van der Waals surface area (Å²) < 4.78 is 22.2. The number of carbonyl (C=O) groups is 1. The first-order valence-electron chi connectivity index (χ1n) is 14.9. The first-order valence-corrected chi connectivity index (χ1v) is 14.9. The van der Waals surface area contributed by atoms with Gasteiger partial charge in [-0.25, -0.2) is 4.79 Å². The van der Waals surface area contributed by atoms with Gasteiger partial charge in [0.25, 0.3) is 0 Å². The summed E-state index contributed by atoms with van der Waals surface area (Å²) >= 11 is 0. The molecule has 0 aliphatic carbocycles. The van der Waals surface area contributed by atoms with Crippen LogP contribution in [0, 0.1) is 0 Å². The molecule has 2 unspecified atom stereocenters. The zero-order chi connectivity index (χ0) is 26.2. The number of amides is 1. The van der Waals surface area contributed by atoms with Gasteiger partial charge in [-0.1, -0.05) is 109 Å². The summed E-state index contributed by atoms with van der Waals surface area (Å²) in [6, 6.07) is 5.55. The number of hydrogen-bond acceptors (Lipinski definition) is 6. The fourth-order valence-corrected chi connectivity index (χ4v) is 4.51. The van der Waals surface area contributed by atoms with Crippen LogP contribution in [0.3, 0.4) is 0 Å². The minimum absolute atomic E-state index is 0.0592. The quantitative estimate of drug-likeness (QED) is 0.152. The molecule has 2 rings (SSSR count). The topological polar surface area (TPSA) is 78.9 Å². The van der Waals surface area contributed by atoms with E-state index in [1.165, 1.54) is 96.3 Å². The fourth-order valence-electron chi connectivity index (χ4n) is 4.51. The van der Waals surface area contributed by atoms with E-state index in [9.17, 15) is 4.79 Å². The van der Waals surface area contributed by atoms with E-state index in [2.05, 4.69) is 17.2 Å². The van der Waals surface area contributed by atoms with E-state index in [4.69, 9.17) is 18.9 Å². The molecule has 1 amide bonds. The lowest BCUT2D eigenvalue weighted by molar-refractivity contribution is -0.0987. The summed E-state index contributed by atoms with van der Waals surface area (Å²) in [4.78, 5) is 16.0. The number of alkyl carbamates (subject to hydrolysis) is 1. The smallest absolute Gasteiger partial charge is 0.407 e. The molecule has 1 aliphatic heterocycles. The molecule has 1 aliphatic rings. The highest BCUT2D eigenvalue weighted by atomic mass is 16.7. The first kappa shape index (κ1) is 31.5. The minimum Gasteiger partial charge on any atom is -0.444 e. The Balaban J connectivity index is 1.29. The Hall–Kier alpha value is -1.70. The van der Waals surface area contributed by atoms with Crippen molar-refractivity contribution in [3.05, 3.63) is 30.1 Å². The molecule has 0 aromatic carbocycles. The highest BCUT2D eigenvalue weighted by Crippen LogP contribution is 2.15. The van der Waals surface area contributed by atoms with Crippen molar-refractivity contribution in [2.45, 2.75) is 129 Å². The van der Waals surface area contributed by atoms with Crippen molar-refractivity contribution in [2.24, 2.45) is 0 Å². The van der Waals surface area contributed by atoms with Crippen LogP contribution in [0.25, 0.3) is 0 Å². The molecule has 0 radical (unpaired) electrons. The van der Waals surface area contributed by atoms with Gasteiger partial charge in [-0.3, -0.25) is 4.98 Å². The number of carbonyl (C=O) groups excluding carboxylic acids is 1. The molecular weight excluding hydrogens is 468 g/mol. The van der Waals surface area contributed by atoms with Gasteiger partial charge in [0, 0.05) is 12.8 Å². The van der Waals surface area contributed by atoms with Crippen molar-refractivity contribution in [1.29, 1.82) is 0 Å². The Morgan fingerprint density at radius 2 is 1.51 bits per heavy atom. The molecule has 1 saturated heterocycles. The SMILES string of the molecule is CCCCCCCCCCCCCCCCCCOCC1COC(COC(=O)NCc2ccccn2)O1. The Labute approximate surface area is 225 Å². The number of rotatable bonds is 23. The van der Waals surface area contributed by atoms with Crippen molar-refractivity contribution >= 4 is 6.09 Å². The normalized spacial score (nSPS) is 17.2. The number of nitrogens with zero attached hydrogens (tertiary/aromatic N) is 1. The Bertz CT molecular complexity index is 661. The van der Waals surface area contributed by atoms with Crippen LogP contribution < -0.4 is 5.32 Å². The maximum atomic E-state index is 11.8. The van der Waals surface area contributed by atoms with Crippen LogP contribution in [0.15, 0.2) is 24.4 Å². The van der Waals surface area contributed by atoms with Crippen LogP contribution >= 0.6 is 0 Å². The van der Waals surface area contributed by atoms with E-state index in [0.717, 1.165) is 18.7 Å². The Morgan fingerprint density at radius 1 is 0.892 bits per heavy atom. The molecule has 2 heterocycles. The molecule has 2 atom stereocenters. The Kier molecular flexibility index (Phi) is 19.0. The monoisotopic (exact) mass is 520 g/mol. The molecule has 37 heavy (non-hydrogen) atoms. The van der Waals surface area contributed by atoms with E-state index in [-0.39, 0.29) is 12.7 Å². The summed E-state index contributed by atoms with van der Waals surface area (Å²) in [7, 11) is 0. The standard InChI is InChI=1S/C30H52N2O5/c1-2-3-4-5-6-7-8-9-10-11-12-13-14-15-16-19-22-34-24-28-25-35-29(37-28)26-36-30(33)32-23-27-20-17-18-21-31-27/h17-18,20-21,28-29H,2-16,19,22-26H2,1H3,(H,32,33). The molecular formula is C30H52N2O5. The van der Waals surface area contributed by atoms with Crippen LogP contribution in [-0.2, 0) is 25.5 Å². The van der Waals surface area contributed by atoms with E-state index < -0.39 is 12.4 Å². The maximum absolute atomic E-state index is 11.8. The molecule has 7 heteroatoms. The summed E-state index contributed by atoms with van der Waals surface area (Å²) in [5, 5.41) is 2.66. The van der Waals surface area contributed by atoms with Crippen molar-refractivity contribution in [3.8, 4) is 0 Å².